The van der Waals surface area contributed by atoms with Crippen molar-refractivity contribution < 1.29 is 9.26 Å². The van der Waals surface area contributed by atoms with Crippen LogP contribution < -0.4 is 5.56 Å². The molecule has 1 fully saturated rings. The van der Waals surface area contributed by atoms with Crippen molar-refractivity contribution in [3.63, 3.8) is 0 Å². The van der Waals surface area contributed by atoms with E-state index in [-0.39, 0.29) is 35.3 Å². The summed E-state index contributed by atoms with van der Waals surface area (Å²) in [7, 11) is 1.72. The molecule has 0 spiro atoms. The Hall–Kier alpha value is -2.75. The van der Waals surface area contributed by atoms with E-state index >= 15 is 0 Å². The smallest absolute Gasteiger partial charge is 0.281 e. The topological polar surface area (TPSA) is 101 Å². The lowest BCUT2D eigenvalue weighted by Gasteiger charge is -2.09. The fourth-order valence-corrected chi connectivity index (χ4v) is 3.94. The molecule has 0 aliphatic carbocycles. The molecule has 0 radical (unpaired) electrons. The predicted molar refractivity (Wildman–Crippen MR) is 109 cm³/mol. The number of nitrogens with zero attached hydrogens (tertiary/aromatic N) is 6. The van der Waals surface area contributed by atoms with Crippen LogP contribution >= 0.6 is 23.2 Å². The molecule has 1 saturated heterocycles. The summed E-state index contributed by atoms with van der Waals surface area (Å²) in [6.07, 6.45) is 2.19. The van der Waals surface area contributed by atoms with Gasteiger partial charge in [0.05, 0.1) is 19.0 Å². The zero-order valence-electron chi connectivity index (χ0n) is 15.8. The van der Waals surface area contributed by atoms with Gasteiger partial charge < -0.3 is 13.8 Å². The van der Waals surface area contributed by atoms with Crippen LogP contribution in [0.2, 0.25) is 10.3 Å². The number of rotatable bonds is 4. The van der Waals surface area contributed by atoms with Crippen LogP contribution in [-0.4, -0.2) is 35.8 Å². The van der Waals surface area contributed by atoms with Gasteiger partial charge in [-0.05, 0) is 35.7 Å². The van der Waals surface area contributed by atoms with Crippen LogP contribution in [0.4, 0.5) is 0 Å². The molecule has 3 aromatic heterocycles. The number of aryl methyl sites for hydroxylation is 1. The molecule has 0 amide bonds. The molecular weight excluding hydrogens is 431 g/mol. The Morgan fingerprint density at radius 2 is 2.00 bits per heavy atom. The van der Waals surface area contributed by atoms with Crippen molar-refractivity contribution >= 4 is 34.4 Å². The summed E-state index contributed by atoms with van der Waals surface area (Å²) >= 11 is 12.1. The highest BCUT2D eigenvalue weighted by atomic mass is 35.5. The van der Waals surface area contributed by atoms with E-state index in [1.54, 1.807) is 11.6 Å². The van der Waals surface area contributed by atoms with E-state index in [2.05, 4.69) is 20.1 Å². The second-order valence-electron chi connectivity index (χ2n) is 7.15. The van der Waals surface area contributed by atoms with Crippen molar-refractivity contribution in [2.75, 3.05) is 6.61 Å². The second-order valence-corrected chi connectivity index (χ2v) is 7.93. The van der Waals surface area contributed by atoms with Gasteiger partial charge in [-0.25, -0.2) is 4.98 Å². The van der Waals surface area contributed by atoms with Gasteiger partial charge in [-0.3, -0.25) is 9.36 Å². The van der Waals surface area contributed by atoms with Crippen molar-refractivity contribution in [1.82, 2.24) is 29.2 Å². The Bertz CT molecular complexity index is 1280. The highest BCUT2D eigenvalue weighted by Gasteiger charge is 2.31. The number of halogens is 2. The van der Waals surface area contributed by atoms with Gasteiger partial charge in [-0.15, -0.1) is 0 Å². The van der Waals surface area contributed by atoms with Gasteiger partial charge in [0.15, 0.2) is 17.0 Å². The third-order valence-electron chi connectivity index (χ3n) is 5.17. The Morgan fingerprint density at radius 1 is 1.20 bits per heavy atom. The largest absolute Gasteiger partial charge is 0.373 e. The minimum Gasteiger partial charge on any atom is -0.373 e. The monoisotopic (exact) mass is 446 g/mol. The molecule has 1 aromatic carbocycles. The zero-order valence-corrected chi connectivity index (χ0v) is 17.3. The summed E-state index contributed by atoms with van der Waals surface area (Å²) < 4.78 is 14.2. The number of benzene rings is 1. The first kappa shape index (κ1) is 19.2. The summed E-state index contributed by atoms with van der Waals surface area (Å²) in [6.45, 7) is 0.502. The van der Waals surface area contributed by atoms with Crippen molar-refractivity contribution in [3.8, 4) is 0 Å². The van der Waals surface area contributed by atoms with Crippen LogP contribution in [0.3, 0.4) is 0 Å². The molecule has 154 valence electrons. The van der Waals surface area contributed by atoms with E-state index in [0.29, 0.717) is 28.6 Å². The zero-order chi connectivity index (χ0) is 20.8. The van der Waals surface area contributed by atoms with Crippen molar-refractivity contribution in [3.05, 3.63) is 68.5 Å². The van der Waals surface area contributed by atoms with E-state index in [1.807, 2.05) is 24.3 Å². The summed E-state index contributed by atoms with van der Waals surface area (Å²) in [5.74, 6) is 0.806. The Kier molecular flexibility index (Phi) is 4.80. The first-order valence-electron chi connectivity index (χ1n) is 9.26. The van der Waals surface area contributed by atoms with E-state index < -0.39 is 0 Å². The molecule has 2 unspecified atom stereocenters. The summed E-state index contributed by atoms with van der Waals surface area (Å²) in [6, 6.07) is 7.59. The highest BCUT2D eigenvalue weighted by Crippen LogP contribution is 2.37. The van der Waals surface area contributed by atoms with Gasteiger partial charge in [-0.2, -0.15) is 9.97 Å². The molecule has 5 rings (SSSR count). The lowest BCUT2D eigenvalue weighted by molar-refractivity contribution is 0.110. The Balaban J connectivity index is 1.35. The van der Waals surface area contributed by atoms with Crippen LogP contribution in [0.5, 0.6) is 0 Å². The van der Waals surface area contributed by atoms with Crippen LogP contribution in [0, 0.1) is 0 Å². The lowest BCUT2D eigenvalue weighted by atomic mass is 10.0. The van der Waals surface area contributed by atoms with Crippen molar-refractivity contribution in [1.29, 1.82) is 0 Å². The highest BCUT2D eigenvalue weighted by molar-refractivity contribution is 6.30. The molecule has 1 aliphatic rings. The van der Waals surface area contributed by atoms with Crippen LogP contribution in [0.25, 0.3) is 11.2 Å². The number of fused-ring (bicyclic) bond motifs is 1. The standard InChI is InChI=1S/C19H16Cl2N6O3/c1-26-9-22-17-15(26)18(28)27(19(21)24-17)7-14-23-16(25-30-14)11-6-13(29-8-11)10-2-4-12(20)5-3-10/h2-5,9,11,13H,6-8H2,1H3. The number of aromatic nitrogens is 6. The quantitative estimate of drug-likeness (QED) is 0.443. The molecule has 9 nitrogen and oxygen atoms in total. The molecule has 0 bridgehead atoms. The predicted octanol–water partition coefficient (Wildman–Crippen LogP) is 3.11. The van der Waals surface area contributed by atoms with Gasteiger partial charge >= 0.3 is 0 Å². The lowest BCUT2D eigenvalue weighted by Crippen LogP contribution is -2.24. The number of hydrogen-bond donors (Lipinski definition) is 0. The molecule has 0 N–H and O–H groups in total. The average molecular weight is 447 g/mol. The molecule has 11 heteroatoms. The van der Waals surface area contributed by atoms with Gasteiger partial charge in [0, 0.05) is 18.0 Å². The molecule has 1 aliphatic heterocycles. The van der Waals surface area contributed by atoms with Crippen LogP contribution in [0.15, 0.2) is 39.9 Å². The number of hydrogen-bond acceptors (Lipinski definition) is 7. The Labute approximate surface area is 180 Å². The third kappa shape index (κ3) is 3.38. The fourth-order valence-electron chi connectivity index (χ4n) is 3.59. The average Bonchev–Trinajstić information content (AvgIpc) is 3.46. The van der Waals surface area contributed by atoms with Crippen molar-refractivity contribution in [2.24, 2.45) is 7.05 Å². The third-order valence-corrected chi connectivity index (χ3v) is 5.71. The van der Waals surface area contributed by atoms with E-state index in [1.165, 1.54) is 10.9 Å². The first-order chi connectivity index (χ1) is 14.5. The Morgan fingerprint density at radius 3 is 2.80 bits per heavy atom. The molecule has 0 saturated carbocycles. The van der Waals surface area contributed by atoms with E-state index in [4.69, 9.17) is 32.5 Å². The van der Waals surface area contributed by atoms with Gasteiger partial charge in [0.25, 0.3) is 5.56 Å². The van der Waals surface area contributed by atoms with Crippen molar-refractivity contribution in [2.45, 2.75) is 25.0 Å². The summed E-state index contributed by atoms with van der Waals surface area (Å²) in [4.78, 5) is 25.5. The maximum Gasteiger partial charge on any atom is 0.281 e. The second kappa shape index (κ2) is 7.50. The molecule has 2 atom stereocenters. The minimum atomic E-state index is -0.322. The maximum absolute atomic E-state index is 12.8. The van der Waals surface area contributed by atoms with E-state index in [9.17, 15) is 4.79 Å². The number of imidazole rings is 1. The maximum atomic E-state index is 12.8. The van der Waals surface area contributed by atoms with Crippen LogP contribution in [0.1, 0.15) is 35.7 Å². The fraction of sp³-hybridized carbons (Fsp3) is 0.316. The molecule has 4 heterocycles. The molecule has 30 heavy (non-hydrogen) atoms. The van der Waals surface area contributed by atoms with E-state index in [0.717, 1.165) is 12.0 Å². The van der Waals surface area contributed by atoms with Gasteiger partial charge in [-0.1, -0.05) is 28.9 Å². The number of ether oxygens (including phenoxy) is 1. The summed E-state index contributed by atoms with van der Waals surface area (Å²) in [5, 5.41) is 4.78. The molecule has 4 aromatic rings. The van der Waals surface area contributed by atoms with Gasteiger partial charge in [0.1, 0.15) is 6.54 Å². The normalized spacial score (nSPS) is 19.0. The first-order valence-corrected chi connectivity index (χ1v) is 10.0. The summed E-state index contributed by atoms with van der Waals surface area (Å²) in [5.41, 5.74) is 1.39. The van der Waals surface area contributed by atoms with Gasteiger partial charge in [0.2, 0.25) is 11.2 Å². The minimum absolute atomic E-state index is 0.00643. The molecular formula is C19H16Cl2N6O3. The van der Waals surface area contributed by atoms with Crippen LogP contribution in [-0.2, 0) is 18.3 Å². The SMILES string of the molecule is Cn1cnc2nc(Cl)n(Cc3nc(C4COC(c5ccc(Cl)cc5)C4)no3)c(=O)c21.